The fourth-order valence-electron chi connectivity index (χ4n) is 6.37. The van der Waals surface area contributed by atoms with Gasteiger partial charge in [-0.25, -0.2) is 9.37 Å². The highest BCUT2D eigenvalue weighted by molar-refractivity contribution is 6.12. The first-order valence-electron chi connectivity index (χ1n) is 16.1. The van der Waals surface area contributed by atoms with Crippen LogP contribution in [0.1, 0.15) is 90.7 Å². The maximum Gasteiger partial charge on any atom is 0.253 e. The van der Waals surface area contributed by atoms with Gasteiger partial charge in [0.2, 0.25) is 0 Å². The molecule has 3 aromatic carbocycles. The zero-order valence-electron chi connectivity index (χ0n) is 26.0. The molecule has 3 aliphatic rings. The number of nitrogens with zero attached hydrogens (tertiary/aromatic N) is 3. The number of para-hydroxylation sites is 2. The Labute approximate surface area is 260 Å². The number of hydrogen-bond donors (Lipinski definition) is 1. The number of allylic oxidation sites excluding steroid dienone is 1. The zero-order chi connectivity index (χ0) is 30.8. The Morgan fingerprint density at radius 3 is 2.30 bits per heavy atom. The van der Waals surface area contributed by atoms with Gasteiger partial charge in [0.05, 0.1) is 16.7 Å². The van der Waals surface area contributed by atoms with E-state index in [1.165, 1.54) is 61.2 Å². The van der Waals surface area contributed by atoms with Gasteiger partial charge in [0.1, 0.15) is 11.6 Å². The normalized spacial score (nSPS) is 16.8. The van der Waals surface area contributed by atoms with Gasteiger partial charge in [-0.2, -0.15) is 0 Å². The third kappa shape index (κ3) is 7.01. The van der Waals surface area contributed by atoms with Crippen molar-refractivity contribution in [3.63, 3.8) is 0 Å². The van der Waals surface area contributed by atoms with Gasteiger partial charge in [-0.1, -0.05) is 35.9 Å². The molecule has 3 fully saturated rings. The molecule has 1 saturated heterocycles. The summed E-state index contributed by atoms with van der Waals surface area (Å²) in [6, 6.07) is 19.9. The molecule has 6 heteroatoms. The van der Waals surface area contributed by atoms with E-state index in [-0.39, 0.29) is 17.4 Å². The van der Waals surface area contributed by atoms with Crippen molar-refractivity contribution >= 4 is 22.7 Å². The van der Waals surface area contributed by atoms with E-state index in [1.807, 2.05) is 24.0 Å². The quantitative estimate of drug-likeness (QED) is 0.165. The highest BCUT2D eigenvalue weighted by Crippen LogP contribution is 2.36. The minimum atomic E-state index is -0.363. The highest BCUT2D eigenvalue weighted by Gasteiger charge is 2.30. The Morgan fingerprint density at radius 2 is 1.66 bits per heavy atom. The molecular formula is C38H43FN4O. The first-order chi connectivity index (χ1) is 21.3. The molecule has 7 rings (SSSR count). The van der Waals surface area contributed by atoms with Crippen LogP contribution in [0.25, 0.3) is 11.0 Å². The third-order valence-corrected chi connectivity index (χ3v) is 9.16. The topological polar surface area (TPSA) is 62.0 Å². The number of carbonyl (C=O) groups is 1. The molecule has 0 radical (unpaired) electrons. The Hall–Kier alpha value is -4.06. The molecule has 1 N–H and O–H groups in total. The van der Waals surface area contributed by atoms with Crippen LogP contribution in [0.3, 0.4) is 0 Å². The van der Waals surface area contributed by atoms with Crippen molar-refractivity contribution in [2.75, 3.05) is 13.1 Å². The number of fused-ring (bicyclic) bond motifs is 1. The summed E-state index contributed by atoms with van der Waals surface area (Å²) in [5, 5.41) is 8.52. The minimum absolute atomic E-state index is 0.0249. The zero-order valence-corrected chi connectivity index (χ0v) is 26.0. The van der Waals surface area contributed by atoms with Gasteiger partial charge in [-0.3, -0.25) is 10.2 Å². The van der Waals surface area contributed by atoms with E-state index in [4.69, 9.17) is 10.4 Å². The lowest BCUT2D eigenvalue weighted by atomic mass is 9.94. The molecule has 4 aromatic rings. The predicted octanol–water partition coefficient (Wildman–Crippen LogP) is 8.69. The Bertz CT molecular complexity index is 1690. The molecule has 44 heavy (non-hydrogen) atoms. The van der Waals surface area contributed by atoms with Crippen LogP contribution in [-0.2, 0) is 6.54 Å². The van der Waals surface area contributed by atoms with Crippen LogP contribution in [-0.4, -0.2) is 39.2 Å². The van der Waals surface area contributed by atoms with Gasteiger partial charge in [-0.05, 0) is 113 Å². The molecule has 0 bridgehead atoms. The Balaban J connectivity index is 0.000000433. The summed E-state index contributed by atoms with van der Waals surface area (Å²) >= 11 is 0. The number of halogens is 1. The van der Waals surface area contributed by atoms with Gasteiger partial charge < -0.3 is 9.47 Å². The summed E-state index contributed by atoms with van der Waals surface area (Å²) in [6.45, 7) is 10.3. The molecule has 2 aliphatic carbocycles. The largest absolute Gasteiger partial charge is 0.339 e. The molecule has 0 spiro atoms. The lowest BCUT2D eigenvalue weighted by Gasteiger charge is -2.32. The van der Waals surface area contributed by atoms with E-state index in [1.54, 1.807) is 18.2 Å². The molecule has 1 amide bonds. The molecule has 2 saturated carbocycles. The van der Waals surface area contributed by atoms with Crippen LogP contribution in [0, 0.1) is 30.0 Å². The van der Waals surface area contributed by atoms with E-state index in [0.29, 0.717) is 35.7 Å². The number of imidazole rings is 1. The molecule has 228 valence electrons. The van der Waals surface area contributed by atoms with Crippen LogP contribution in [0.4, 0.5) is 4.39 Å². The lowest BCUT2D eigenvalue weighted by molar-refractivity contribution is 0.0710. The van der Waals surface area contributed by atoms with Gasteiger partial charge in [0, 0.05) is 42.2 Å². The highest BCUT2D eigenvalue weighted by atomic mass is 19.1. The Morgan fingerprint density at radius 1 is 0.932 bits per heavy atom. The van der Waals surface area contributed by atoms with E-state index < -0.39 is 0 Å². The van der Waals surface area contributed by atoms with E-state index >= 15 is 0 Å². The second-order valence-corrected chi connectivity index (χ2v) is 13.1. The van der Waals surface area contributed by atoms with Crippen LogP contribution < -0.4 is 0 Å². The third-order valence-electron chi connectivity index (χ3n) is 9.16. The van der Waals surface area contributed by atoms with Crippen LogP contribution >= 0.6 is 0 Å². The number of aryl methyl sites for hydroxylation is 1. The fraction of sp³-hybridized carbons (Fsp3) is 0.395. The van der Waals surface area contributed by atoms with Gasteiger partial charge >= 0.3 is 0 Å². The van der Waals surface area contributed by atoms with E-state index in [0.717, 1.165) is 42.3 Å². The van der Waals surface area contributed by atoms with Crippen molar-refractivity contribution in [2.45, 2.75) is 71.3 Å². The minimum Gasteiger partial charge on any atom is -0.339 e. The number of piperidine rings is 1. The summed E-state index contributed by atoms with van der Waals surface area (Å²) < 4.78 is 16.1. The summed E-state index contributed by atoms with van der Waals surface area (Å²) in [4.78, 5) is 20.3. The van der Waals surface area contributed by atoms with Crippen LogP contribution in [0.15, 0.2) is 78.9 Å². The predicted molar refractivity (Wildman–Crippen MR) is 176 cm³/mol. The fourth-order valence-corrected chi connectivity index (χ4v) is 6.37. The summed E-state index contributed by atoms with van der Waals surface area (Å²) in [7, 11) is 0. The summed E-state index contributed by atoms with van der Waals surface area (Å²) in [5.74, 6) is 2.99. The summed E-state index contributed by atoms with van der Waals surface area (Å²) in [5.41, 5.74) is 6.59. The van der Waals surface area contributed by atoms with Crippen molar-refractivity contribution in [1.29, 1.82) is 5.41 Å². The van der Waals surface area contributed by atoms with E-state index in [2.05, 4.69) is 42.3 Å². The molecule has 0 atom stereocenters. The second-order valence-electron chi connectivity index (χ2n) is 13.1. The lowest BCUT2D eigenvalue weighted by Crippen LogP contribution is -2.38. The number of rotatable bonds is 8. The SMILES string of the molecule is C=C(C)CC1CC1.Cc1cc(C(=O)N2CCC(c3nc4ccccc4n3CC3CC3)CC2)ccc1C(=N)c1cccc(F)c1. The standard InChI is InChI=1S/C31H31FN4O.C7H12/c1-20-17-24(11-12-26(20)29(33)23-5-4-6-25(32)18-23)31(37)35-15-13-22(14-16-35)30-34-27-7-2-3-8-28(27)36(30)19-21-9-10-21;1-6(2)5-7-3-4-7/h2-8,11-12,17-18,21-22,33H,9-10,13-16,19H2,1H3;7H,1,3-5H2,2H3. The second kappa shape index (κ2) is 12.9. The molecule has 0 unspecified atom stereocenters. The maximum atomic E-state index is 13.6. The van der Waals surface area contributed by atoms with Crippen molar-refractivity contribution in [3.05, 3.63) is 113 Å². The molecule has 2 heterocycles. The van der Waals surface area contributed by atoms with Crippen molar-refractivity contribution < 1.29 is 9.18 Å². The maximum absolute atomic E-state index is 13.6. The van der Waals surface area contributed by atoms with Gasteiger partial charge in [0.15, 0.2) is 0 Å². The van der Waals surface area contributed by atoms with Crippen LogP contribution in [0.2, 0.25) is 0 Å². The van der Waals surface area contributed by atoms with Crippen LogP contribution in [0.5, 0.6) is 0 Å². The Kier molecular flexibility index (Phi) is 8.79. The number of carbonyl (C=O) groups excluding carboxylic acids is 1. The molecular weight excluding hydrogens is 547 g/mol. The van der Waals surface area contributed by atoms with Gasteiger partial charge in [0.25, 0.3) is 5.91 Å². The average Bonchev–Trinajstić information content (AvgIpc) is 3.96. The monoisotopic (exact) mass is 590 g/mol. The van der Waals surface area contributed by atoms with Crippen molar-refractivity contribution in [2.24, 2.45) is 11.8 Å². The smallest absolute Gasteiger partial charge is 0.253 e. The van der Waals surface area contributed by atoms with Gasteiger partial charge in [-0.15, -0.1) is 6.58 Å². The average molecular weight is 591 g/mol. The van der Waals surface area contributed by atoms with Crippen molar-refractivity contribution in [3.8, 4) is 0 Å². The first kappa shape index (κ1) is 30.0. The number of benzene rings is 3. The summed E-state index contributed by atoms with van der Waals surface area (Å²) in [6.07, 6.45) is 8.60. The van der Waals surface area contributed by atoms with E-state index in [9.17, 15) is 9.18 Å². The molecule has 1 aromatic heterocycles. The number of amides is 1. The number of nitrogens with one attached hydrogen (secondary N) is 1. The number of aromatic nitrogens is 2. The molecule has 1 aliphatic heterocycles. The molecule has 5 nitrogen and oxygen atoms in total. The van der Waals surface area contributed by atoms with Crippen molar-refractivity contribution in [1.82, 2.24) is 14.5 Å². The number of likely N-dealkylation sites (tertiary alicyclic amines) is 1. The first-order valence-corrected chi connectivity index (χ1v) is 16.1. The number of hydrogen-bond acceptors (Lipinski definition) is 3.